The number of ether oxygens (including phenoxy) is 1. The average Bonchev–Trinajstić information content (AvgIpc) is 2.42. The van der Waals surface area contributed by atoms with E-state index in [1.54, 1.807) is 0 Å². The molecule has 2 rings (SSSR count). The lowest BCUT2D eigenvalue weighted by molar-refractivity contribution is 0.340. The molecule has 0 fully saturated rings. The van der Waals surface area contributed by atoms with E-state index in [0.717, 1.165) is 17.0 Å². The molecule has 0 saturated carbocycles. The minimum Gasteiger partial charge on any atom is -0.494 e. The van der Waals surface area contributed by atoms with Crippen LogP contribution < -0.4 is 10.5 Å². The molecule has 3 heteroatoms. The monoisotopic (exact) mass is 254 g/mol. The van der Waals surface area contributed by atoms with Gasteiger partial charge in [-0.1, -0.05) is 30.3 Å². The second-order valence-corrected chi connectivity index (χ2v) is 4.19. The third kappa shape index (κ3) is 4.14. The second-order valence-electron chi connectivity index (χ2n) is 4.19. The quantitative estimate of drug-likeness (QED) is 0.657. The van der Waals surface area contributed by atoms with E-state index in [0.29, 0.717) is 18.9 Å². The molecular weight excluding hydrogens is 236 g/mol. The zero-order valence-electron chi connectivity index (χ0n) is 11.0. The highest BCUT2D eigenvalue weighted by atomic mass is 16.5. The highest BCUT2D eigenvalue weighted by Gasteiger charge is 1.98. The molecule has 0 spiro atoms. The molecule has 2 aromatic rings. The summed E-state index contributed by atoms with van der Waals surface area (Å²) >= 11 is 0. The summed E-state index contributed by atoms with van der Waals surface area (Å²) in [6, 6.07) is 17.7. The van der Waals surface area contributed by atoms with Gasteiger partial charge in [0, 0.05) is 6.42 Å². The Morgan fingerprint density at radius 1 is 1.05 bits per heavy atom. The summed E-state index contributed by atoms with van der Waals surface area (Å²) < 4.78 is 5.38. The molecule has 0 radical (unpaired) electrons. The van der Waals surface area contributed by atoms with Gasteiger partial charge in [0.2, 0.25) is 0 Å². The van der Waals surface area contributed by atoms with Crippen LogP contribution in [0.4, 0.5) is 5.69 Å². The second kappa shape index (κ2) is 6.59. The predicted molar refractivity (Wildman–Crippen MR) is 79.0 cm³/mol. The van der Waals surface area contributed by atoms with Crippen molar-refractivity contribution >= 4 is 11.5 Å². The van der Waals surface area contributed by atoms with Gasteiger partial charge in [-0.3, -0.25) is 0 Å². The van der Waals surface area contributed by atoms with Crippen LogP contribution in [0.15, 0.2) is 59.6 Å². The van der Waals surface area contributed by atoms with Crippen molar-refractivity contribution in [3.8, 4) is 5.75 Å². The number of amidine groups is 1. The summed E-state index contributed by atoms with van der Waals surface area (Å²) in [5.41, 5.74) is 7.96. The van der Waals surface area contributed by atoms with Crippen LogP contribution >= 0.6 is 0 Å². The molecule has 0 atom stereocenters. The van der Waals surface area contributed by atoms with Crippen molar-refractivity contribution in [1.29, 1.82) is 0 Å². The van der Waals surface area contributed by atoms with Gasteiger partial charge in [0.05, 0.1) is 12.3 Å². The van der Waals surface area contributed by atoms with Crippen molar-refractivity contribution in [2.45, 2.75) is 13.3 Å². The number of hydrogen-bond donors (Lipinski definition) is 1. The summed E-state index contributed by atoms with van der Waals surface area (Å²) in [5, 5.41) is 0. The van der Waals surface area contributed by atoms with Gasteiger partial charge in [0.15, 0.2) is 0 Å². The Morgan fingerprint density at radius 2 is 1.74 bits per heavy atom. The molecule has 0 bridgehead atoms. The van der Waals surface area contributed by atoms with Crippen LogP contribution in [0.2, 0.25) is 0 Å². The first-order valence-corrected chi connectivity index (χ1v) is 6.37. The van der Waals surface area contributed by atoms with Crippen molar-refractivity contribution in [1.82, 2.24) is 0 Å². The maximum atomic E-state index is 5.95. The first-order chi connectivity index (χ1) is 9.28. The van der Waals surface area contributed by atoms with Crippen LogP contribution in [0.3, 0.4) is 0 Å². The predicted octanol–water partition coefficient (Wildman–Crippen LogP) is 3.32. The Morgan fingerprint density at radius 3 is 2.37 bits per heavy atom. The van der Waals surface area contributed by atoms with E-state index in [4.69, 9.17) is 10.5 Å². The van der Waals surface area contributed by atoms with E-state index < -0.39 is 0 Å². The molecule has 3 nitrogen and oxygen atoms in total. The number of benzene rings is 2. The average molecular weight is 254 g/mol. The van der Waals surface area contributed by atoms with Gasteiger partial charge >= 0.3 is 0 Å². The molecular formula is C16H18N2O. The van der Waals surface area contributed by atoms with E-state index in [9.17, 15) is 0 Å². The summed E-state index contributed by atoms with van der Waals surface area (Å²) in [4.78, 5) is 4.39. The summed E-state index contributed by atoms with van der Waals surface area (Å²) in [6.07, 6.45) is 0.661. The summed E-state index contributed by atoms with van der Waals surface area (Å²) in [6.45, 7) is 2.63. The fraction of sp³-hybridized carbons (Fsp3) is 0.188. The molecule has 0 aliphatic carbocycles. The Hall–Kier alpha value is -2.29. The van der Waals surface area contributed by atoms with Crippen molar-refractivity contribution in [3.63, 3.8) is 0 Å². The number of aliphatic imine (C=N–C) groups is 1. The zero-order chi connectivity index (χ0) is 13.5. The maximum absolute atomic E-state index is 5.95. The number of hydrogen-bond acceptors (Lipinski definition) is 2. The molecule has 0 aliphatic heterocycles. The van der Waals surface area contributed by atoms with Crippen LogP contribution in [-0.2, 0) is 6.42 Å². The molecule has 19 heavy (non-hydrogen) atoms. The molecule has 0 saturated heterocycles. The molecule has 98 valence electrons. The van der Waals surface area contributed by atoms with Crippen molar-refractivity contribution in [2.24, 2.45) is 10.7 Å². The zero-order valence-corrected chi connectivity index (χ0v) is 11.0. The SMILES string of the molecule is CCOc1ccc(N=C(N)Cc2ccccc2)cc1. The Labute approximate surface area is 113 Å². The Bertz CT molecular complexity index is 532. The van der Waals surface area contributed by atoms with E-state index >= 15 is 0 Å². The van der Waals surface area contributed by atoms with E-state index in [1.165, 1.54) is 0 Å². The summed E-state index contributed by atoms with van der Waals surface area (Å²) in [7, 11) is 0. The lowest BCUT2D eigenvalue weighted by Gasteiger charge is -2.04. The van der Waals surface area contributed by atoms with Crippen molar-refractivity contribution in [3.05, 3.63) is 60.2 Å². The highest BCUT2D eigenvalue weighted by Crippen LogP contribution is 2.18. The number of rotatable bonds is 5. The third-order valence-electron chi connectivity index (χ3n) is 2.65. The minimum atomic E-state index is 0.607. The van der Waals surface area contributed by atoms with Crippen LogP contribution in [0, 0.1) is 0 Å². The summed E-state index contributed by atoms with van der Waals surface area (Å²) in [5.74, 6) is 1.46. The van der Waals surface area contributed by atoms with E-state index in [1.807, 2.05) is 61.5 Å². The van der Waals surface area contributed by atoms with Gasteiger partial charge in [0.1, 0.15) is 11.6 Å². The van der Waals surface area contributed by atoms with Gasteiger partial charge in [-0.2, -0.15) is 0 Å². The first kappa shape index (κ1) is 13.1. The largest absolute Gasteiger partial charge is 0.494 e. The van der Waals surface area contributed by atoms with Crippen LogP contribution in [0.25, 0.3) is 0 Å². The van der Waals surface area contributed by atoms with Crippen LogP contribution in [-0.4, -0.2) is 12.4 Å². The molecule has 0 amide bonds. The standard InChI is InChI=1S/C16H18N2O/c1-2-19-15-10-8-14(9-11-15)18-16(17)12-13-6-4-3-5-7-13/h3-11H,2,12H2,1H3,(H2,17,18). The lowest BCUT2D eigenvalue weighted by atomic mass is 10.1. The number of nitrogens with two attached hydrogens (primary N) is 1. The molecule has 2 aromatic carbocycles. The number of nitrogens with zero attached hydrogens (tertiary/aromatic N) is 1. The van der Waals surface area contributed by atoms with Crippen molar-refractivity contribution < 1.29 is 4.74 Å². The fourth-order valence-electron chi connectivity index (χ4n) is 1.79. The molecule has 0 aromatic heterocycles. The van der Waals surface area contributed by atoms with E-state index in [2.05, 4.69) is 4.99 Å². The topological polar surface area (TPSA) is 47.6 Å². The van der Waals surface area contributed by atoms with Crippen LogP contribution in [0.1, 0.15) is 12.5 Å². The first-order valence-electron chi connectivity index (χ1n) is 6.37. The Kier molecular flexibility index (Phi) is 4.56. The van der Waals surface area contributed by atoms with Gasteiger partial charge in [-0.25, -0.2) is 4.99 Å². The Balaban J connectivity index is 2.04. The maximum Gasteiger partial charge on any atom is 0.119 e. The van der Waals surface area contributed by atoms with Gasteiger partial charge in [-0.15, -0.1) is 0 Å². The lowest BCUT2D eigenvalue weighted by Crippen LogP contribution is -2.14. The van der Waals surface area contributed by atoms with E-state index in [-0.39, 0.29) is 0 Å². The molecule has 2 N–H and O–H groups in total. The smallest absolute Gasteiger partial charge is 0.119 e. The normalized spacial score (nSPS) is 11.3. The fourth-order valence-corrected chi connectivity index (χ4v) is 1.79. The highest BCUT2D eigenvalue weighted by molar-refractivity contribution is 5.85. The van der Waals surface area contributed by atoms with Gasteiger partial charge in [-0.05, 0) is 36.8 Å². The van der Waals surface area contributed by atoms with Gasteiger partial charge < -0.3 is 10.5 Å². The molecule has 0 heterocycles. The third-order valence-corrected chi connectivity index (χ3v) is 2.65. The van der Waals surface area contributed by atoms with Crippen molar-refractivity contribution in [2.75, 3.05) is 6.61 Å². The molecule has 0 unspecified atom stereocenters. The van der Waals surface area contributed by atoms with Gasteiger partial charge in [0.25, 0.3) is 0 Å². The van der Waals surface area contributed by atoms with Crippen LogP contribution in [0.5, 0.6) is 5.75 Å². The molecule has 0 aliphatic rings. The minimum absolute atomic E-state index is 0.607.